The first-order valence-electron chi connectivity index (χ1n) is 12.6. The number of aliphatic hydroxyl groups is 2. The van der Waals surface area contributed by atoms with Crippen molar-refractivity contribution in [2.24, 2.45) is 5.92 Å². The zero-order chi connectivity index (χ0) is 23.4. The van der Waals surface area contributed by atoms with Gasteiger partial charge in [0.25, 0.3) is 0 Å². The summed E-state index contributed by atoms with van der Waals surface area (Å²) in [5.41, 5.74) is -0.952. The summed E-state index contributed by atoms with van der Waals surface area (Å²) in [7, 11) is 0. The van der Waals surface area contributed by atoms with Crippen molar-refractivity contribution >= 4 is 11.8 Å². The van der Waals surface area contributed by atoms with Crippen LogP contribution in [0.4, 0.5) is 0 Å². The second-order valence-electron chi connectivity index (χ2n) is 9.22. The smallest absolute Gasteiger partial charge is 0.119 e. The van der Waals surface area contributed by atoms with Crippen LogP contribution in [0.25, 0.3) is 0 Å². The quantitative estimate of drug-likeness (QED) is 0.268. The molecule has 0 saturated carbocycles. The predicted octanol–water partition coefficient (Wildman–Crippen LogP) is 7.38. The maximum absolute atomic E-state index is 11.6. The molecular formula is C29H40O3S. The average Bonchev–Trinajstić information content (AvgIpc) is 3.16. The SMILES string of the molecule is CCCCCCCC(O)C1CC(Sc2ccccc2)=CC1(O)CCCCOc1ccccc1. The molecule has 3 nitrogen and oxygen atoms in total. The third kappa shape index (κ3) is 8.51. The van der Waals surface area contributed by atoms with Gasteiger partial charge in [-0.25, -0.2) is 0 Å². The molecule has 1 aliphatic rings. The number of hydrogen-bond acceptors (Lipinski definition) is 4. The minimum Gasteiger partial charge on any atom is -0.494 e. The summed E-state index contributed by atoms with van der Waals surface area (Å²) < 4.78 is 5.81. The number of thioether (sulfide) groups is 1. The van der Waals surface area contributed by atoms with Gasteiger partial charge in [-0.1, -0.05) is 87.2 Å². The van der Waals surface area contributed by atoms with Crippen LogP contribution < -0.4 is 4.74 Å². The van der Waals surface area contributed by atoms with Crippen LogP contribution in [0.3, 0.4) is 0 Å². The first-order valence-corrected chi connectivity index (χ1v) is 13.5. The molecule has 180 valence electrons. The summed E-state index contributed by atoms with van der Waals surface area (Å²) in [4.78, 5) is 2.34. The topological polar surface area (TPSA) is 49.7 Å². The van der Waals surface area contributed by atoms with E-state index >= 15 is 0 Å². The zero-order valence-corrected chi connectivity index (χ0v) is 20.8. The van der Waals surface area contributed by atoms with Crippen LogP contribution in [0, 0.1) is 5.92 Å². The van der Waals surface area contributed by atoms with Gasteiger partial charge in [0, 0.05) is 10.8 Å². The van der Waals surface area contributed by atoms with Crippen molar-refractivity contribution in [1.82, 2.24) is 0 Å². The Morgan fingerprint density at radius 2 is 1.64 bits per heavy atom. The molecule has 0 amide bonds. The highest BCUT2D eigenvalue weighted by molar-refractivity contribution is 8.03. The van der Waals surface area contributed by atoms with Crippen molar-refractivity contribution < 1.29 is 14.9 Å². The van der Waals surface area contributed by atoms with E-state index in [2.05, 4.69) is 19.1 Å². The van der Waals surface area contributed by atoms with E-state index in [1.54, 1.807) is 11.8 Å². The number of benzene rings is 2. The van der Waals surface area contributed by atoms with Gasteiger partial charge in [0.2, 0.25) is 0 Å². The summed E-state index contributed by atoms with van der Waals surface area (Å²) in [6, 6.07) is 20.2. The van der Waals surface area contributed by atoms with Gasteiger partial charge in [0.15, 0.2) is 0 Å². The Hall–Kier alpha value is -1.75. The van der Waals surface area contributed by atoms with Gasteiger partial charge in [0.05, 0.1) is 18.3 Å². The van der Waals surface area contributed by atoms with Crippen LogP contribution >= 0.6 is 11.8 Å². The van der Waals surface area contributed by atoms with Gasteiger partial charge >= 0.3 is 0 Å². The van der Waals surface area contributed by atoms with Crippen LogP contribution in [0.2, 0.25) is 0 Å². The molecule has 3 atom stereocenters. The summed E-state index contributed by atoms with van der Waals surface area (Å²) in [6.45, 7) is 2.86. The molecule has 0 aromatic heterocycles. The Bertz CT molecular complexity index is 823. The van der Waals surface area contributed by atoms with Crippen molar-refractivity contribution in [1.29, 1.82) is 0 Å². The lowest BCUT2D eigenvalue weighted by atomic mass is 9.80. The van der Waals surface area contributed by atoms with Gasteiger partial charge in [0.1, 0.15) is 5.75 Å². The second kappa shape index (κ2) is 13.8. The molecule has 4 heteroatoms. The van der Waals surface area contributed by atoms with Crippen LogP contribution in [0.15, 0.2) is 76.5 Å². The van der Waals surface area contributed by atoms with Crippen LogP contribution in [-0.2, 0) is 0 Å². The Labute approximate surface area is 204 Å². The van der Waals surface area contributed by atoms with E-state index in [-0.39, 0.29) is 5.92 Å². The molecule has 0 heterocycles. The minimum absolute atomic E-state index is 0.134. The van der Waals surface area contributed by atoms with Gasteiger partial charge < -0.3 is 14.9 Å². The van der Waals surface area contributed by atoms with E-state index in [0.29, 0.717) is 13.0 Å². The zero-order valence-electron chi connectivity index (χ0n) is 20.0. The number of ether oxygens (including phenoxy) is 1. The predicted molar refractivity (Wildman–Crippen MR) is 139 cm³/mol. The van der Waals surface area contributed by atoms with Crippen LogP contribution in [0.5, 0.6) is 5.75 Å². The van der Waals surface area contributed by atoms with Crippen molar-refractivity contribution in [3.63, 3.8) is 0 Å². The Morgan fingerprint density at radius 3 is 2.36 bits per heavy atom. The lowest BCUT2D eigenvalue weighted by Crippen LogP contribution is -2.40. The number of hydrogen-bond donors (Lipinski definition) is 2. The Morgan fingerprint density at radius 1 is 0.939 bits per heavy atom. The van der Waals surface area contributed by atoms with E-state index in [0.717, 1.165) is 44.3 Å². The lowest BCUT2D eigenvalue weighted by Gasteiger charge is -2.33. The van der Waals surface area contributed by atoms with E-state index in [4.69, 9.17) is 4.74 Å². The first-order chi connectivity index (χ1) is 16.1. The van der Waals surface area contributed by atoms with E-state index in [1.165, 1.54) is 29.1 Å². The van der Waals surface area contributed by atoms with Crippen molar-refractivity contribution in [2.45, 2.75) is 87.7 Å². The fourth-order valence-electron chi connectivity index (χ4n) is 4.65. The van der Waals surface area contributed by atoms with Crippen LogP contribution in [0.1, 0.15) is 71.1 Å². The molecule has 0 aliphatic heterocycles. The number of rotatable bonds is 15. The first kappa shape index (κ1) is 25.9. The molecule has 2 aromatic carbocycles. The van der Waals surface area contributed by atoms with Gasteiger partial charge in [-0.15, -0.1) is 0 Å². The summed E-state index contributed by atoms with van der Waals surface area (Å²) in [6.07, 6.45) is 11.4. The van der Waals surface area contributed by atoms with Gasteiger partial charge in [-0.2, -0.15) is 0 Å². The third-order valence-electron chi connectivity index (χ3n) is 6.52. The standard InChI is InChI=1S/C29H40O3S/c1-2-3-4-5-12-19-28(30)27-22-26(33-25-17-10-7-11-18-25)23-29(27,31)20-13-14-21-32-24-15-8-6-9-16-24/h6-11,15-18,23,27-28,30-31H,2-5,12-14,19-22H2,1H3. The fourth-order valence-corrected chi connectivity index (χ4v) is 5.77. The molecule has 0 saturated heterocycles. The van der Waals surface area contributed by atoms with Gasteiger partial charge in [-0.05, 0) is 67.4 Å². The lowest BCUT2D eigenvalue weighted by molar-refractivity contribution is -0.0386. The fraction of sp³-hybridized carbons (Fsp3) is 0.517. The highest BCUT2D eigenvalue weighted by Gasteiger charge is 2.43. The summed E-state index contributed by atoms with van der Waals surface area (Å²) >= 11 is 1.72. The molecular weight excluding hydrogens is 428 g/mol. The molecule has 0 radical (unpaired) electrons. The molecule has 33 heavy (non-hydrogen) atoms. The minimum atomic E-state index is -0.952. The number of para-hydroxylation sites is 1. The summed E-state index contributed by atoms with van der Waals surface area (Å²) in [5, 5.41) is 22.7. The molecule has 2 aromatic rings. The van der Waals surface area contributed by atoms with E-state index in [9.17, 15) is 10.2 Å². The second-order valence-corrected chi connectivity index (χ2v) is 10.4. The largest absolute Gasteiger partial charge is 0.494 e. The molecule has 3 unspecified atom stereocenters. The Balaban J connectivity index is 1.55. The van der Waals surface area contributed by atoms with Crippen LogP contribution in [-0.4, -0.2) is 28.5 Å². The molecule has 1 aliphatic carbocycles. The highest BCUT2D eigenvalue weighted by Crippen LogP contribution is 2.46. The van der Waals surface area contributed by atoms with Crippen molar-refractivity contribution in [2.75, 3.05) is 6.61 Å². The monoisotopic (exact) mass is 468 g/mol. The van der Waals surface area contributed by atoms with Crippen molar-refractivity contribution in [3.8, 4) is 5.75 Å². The number of unbranched alkanes of at least 4 members (excludes halogenated alkanes) is 5. The molecule has 2 N–H and O–H groups in total. The average molecular weight is 469 g/mol. The number of aliphatic hydroxyl groups excluding tert-OH is 1. The maximum atomic E-state index is 11.6. The van der Waals surface area contributed by atoms with Crippen molar-refractivity contribution in [3.05, 3.63) is 71.6 Å². The van der Waals surface area contributed by atoms with Gasteiger partial charge in [-0.3, -0.25) is 0 Å². The highest BCUT2D eigenvalue weighted by atomic mass is 32.2. The number of allylic oxidation sites excluding steroid dienone is 1. The normalized spacial score (nSPS) is 21.1. The summed E-state index contributed by atoms with van der Waals surface area (Å²) in [5.74, 6) is 0.750. The van der Waals surface area contributed by atoms with E-state index < -0.39 is 11.7 Å². The third-order valence-corrected chi connectivity index (χ3v) is 7.57. The molecule has 0 spiro atoms. The molecule has 0 fully saturated rings. The molecule has 3 rings (SSSR count). The maximum Gasteiger partial charge on any atom is 0.119 e. The Kier molecular flexibility index (Phi) is 10.8. The van der Waals surface area contributed by atoms with E-state index in [1.807, 2.05) is 54.6 Å². The molecule has 0 bridgehead atoms.